The smallest absolute Gasteiger partial charge is 0.316 e. The first-order valence-corrected chi connectivity index (χ1v) is 8.54. The minimum Gasteiger partial charge on any atom is -0.455 e. The van der Waals surface area contributed by atoms with E-state index in [-0.39, 0.29) is 11.3 Å². The predicted octanol–water partition coefficient (Wildman–Crippen LogP) is 2.26. The van der Waals surface area contributed by atoms with Crippen LogP contribution in [0.4, 0.5) is 9.39 Å². The molecule has 0 saturated carbocycles. The lowest BCUT2D eigenvalue weighted by Gasteiger charge is -2.06. The summed E-state index contributed by atoms with van der Waals surface area (Å²) >= 11 is 2.11. The molecule has 0 aliphatic rings. The summed E-state index contributed by atoms with van der Waals surface area (Å²) in [5, 5.41) is 4.34. The molecule has 1 aromatic heterocycles. The first-order valence-electron chi connectivity index (χ1n) is 6.67. The molecular weight excluding hydrogens is 355 g/mol. The van der Waals surface area contributed by atoms with Gasteiger partial charge in [0.1, 0.15) is 10.8 Å². The molecule has 2 rings (SSSR count). The fourth-order valence-corrected chi connectivity index (χ4v) is 3.19. The molecule has 0 radical (unpaired) electrons. The zero-order valence-corrected chi connectivity index (χ0v) is 13.9. The highest BCUT2D eigenvalue weighted by molar-refractivity contribution is 8.00. The van der Waals surface area contributed by atoms with Crippen molar-refractivity contribution in [3.8, 4) is 0 Å². The Labute approximate surface area is 145 Å². The molecule has 9 heteroatoms. The number of ether oxygens (including phenoxy) is 1. The third-order valence-electron chi connectivity index (χ3n) is 2.73. The van der Waals surface area contributed by atoms with Crippen molar-refractivity contribution in [1.82, 2.24) is 0 Å². The first-order chi connectivity index (χ1) is 11.5. The molecule has 24 heavy (non-hydrogen) atoms. The molecule has 0 spiro atoms. The van der Waals surface area contributed by atoms with Crippen LogP contribution in [0.25, 0.3) is 0 Å². The highest BCUT2D eigenvalue weighted by Crippen LogP contribution is 2.23. The summed E-state index contributed by atoms with van der Waals surface area (Å²) in [7, 11) is 0. The Balaban J connectivity index is 1.77. The lowest BCUT2D eigenvalue weighted by atomic mass is 10.3. The largest absolute Gasteiger partial charge is 0.455 e. The Kier molecular flexibility index (Phi) is 6.33. The predicted molar refractivity (Wildman–Crippen MR) is 89.5 cm³/mol. The number of benzene rings is 1. The van der Waals surface area contributed by atoms with Crippen molar-refractivity contribution < 1.29 is 23.5 Å². The molecular formula is C15H13FN2O4S2. The zero-order chi connectivity index (χ0) is 17.5. The second kappa shape index (κ2) is 8.46. The van der Waals surface area contributed by atoms with Crippen LogP contribution in [0.3, 0.4) is 0 Å². The van der Waals surface area contributed by atoms with Gasteiger partial charge >= 0.3 is 5.97 Å². The highest BCUT2D eigenvalue weighted by Gasteiger charge is 2.14. The van der Waals surface area contributed by atoms with E-state index in [4.69, 9.17) is 10.5 Å². The maximum Gasteiger partial charge on any atom is 0.316 e. The number of hydrogen-bond donors (Lipinski definition) is 2. The Morgan fingerprint density at radius 3 is 2.71 bits per heavy atom. The molecule has 0 bridgehead atoms. The van der Waals surface area contributed by atoms with Crippen LogP contribution < -0.4 is 11.1 Å². The molecule has 0 fully saturated rings. The van der Waals surface area contributed by atoms with Crippen LogP contribution in [-0.4, -0.2) is 30.1 Å². The molecule has 1 aromatic carbocycles. The average Bonchev–Trinajstić information content (AvgIpc) is 3.00. The number of thioether (sulfide) groups is 1. The van der Waals surface area contributed by atoms with Crippen LogP contribution >= 0.6 is 23.1 Å². The van der Waals surface area contributed by atoms with Gasteiger partial charge in [-0.05, 0) is 23.6 Å². The van der Waals surface area contributed by atoms with Crippen molar-refractivity contribution in [2.45, 2.75) is 4.90 Å². The lowest BCUT2D eigenvalue weighted by Crippen LogP contribution is -2.22. The Morgan fingerprint density at radius 2 is 2.00 bits per heavy atom. The van der Waals surface area contributed by atoms with Gasteiger partial charge in [0.2, 0.25) is 0 Å². The maximum absolute atomic E-state index is 13.4. The molecule has 2 amide bonds. The van der Waals surface area contributed by atoms with Crippen LogP contribution in [0, 0.1) is 5.82 Å². The van der Waals surface area contributed by atoms with Gasteiger partial charge in [-0.3, -0.25) is 14.4 Å². The van der Waals surface area contributed by atoms with Crippen molar-refractivity contribution in [3.05, 3.63) is 47.1 Å². The number of primary amides is 1. The van der Waals surface area contributed by atoms with E-state index >= 15 is 0 Å². The summed E-state index contributed by atoms with van der Waals surface area (Å²) in [6.07, 6.45) is 0. The number of nitrogens with two attached hydrogens (primary N) is 1. The maximum atomic E-state index is 13.4. The fourth-order valence-electron chi connectivity index (χ4n) is 1.65. The SMILES string of the molecule is NC(=O)c1ccsc1NC(=O)COC(=O)CSc1ccccc1F. The molecule has 1 heterocycles. The number of carbonyl (C=O) groups excluding carboxylic acids is 3. The normalized spacial score (nSPS) is 10.2. The number of anilines is 1. The van der Waals surface area contributed by atoms with Gasteiger partial charge < -0.3 is 15.8 Å². The minimum absolute atomic E-state index is 0.125. The molecule has 2 aromatic rings. The number of halogens is 1. The van der Waals surface area contributed by atoms with E-state index in [1.165, 1.54) is 12.1 Å². The van der Waals surface area contributed by atoms with E-state index in [1.54, 1.807) is 23.6 Å². The number of esters is 1. The van der Waals surface area contributed by atoms with Crippen LogP contribution in [0.2, 0.25) is 0 Å². The number of thiophene rings is 1. The van der Waals surface area contributed by atoms with Crippen molar-refractivity contribution in [2.24, 2.45) is 5.73 Å². The number of hydrogen-bond acceptors (Lipinski definition) is 6. The van der Waals surface area contributed by atoms with Crippen molar-refractivity contribution in [3.63, 3.8) is 0 Å². The Bertz CT molecular complexity index is 763. The summed E-state index contributed by atoms with van der Waals surface area (Å²) in [6.45, 7) is -0.507. The fraction of sp³-hybridized carbons (Fsp3) is 0.133. The summed E-state index contributed by atoms with van der Waals surface area (Å²) < 4.78 is 18.2. The third-order valence-corrected chi connectivity index (χ3v) is 4.58. The van der Waals surface area contributed by atoms with Crippen LogP contribution in [0.15, 0.2) is 40.6 Å². The first kappa shape index (κ1) is 18.0. The van der Waals surface area contributed by atoms with Gasteiger partial charge in [-0.2, -0.15) is 0 Å². The molecule has 0 aliphatic carbocycles. The van der Waals surface area contributed by atoms with Crippen molar-refractivity contribution in [2.75, 3.05) is 17.7 Å². The molecule has 126 valence electrons. The Hall–Kier alpha value is -2.39. The van der Waals surface area contributed by atoms with E-state index in [0.29, 0.717) is 9.90 Å². The van der Waals surface area contributed by atoms with E-state index in [9.17, 15) is 18.8 Å². The quantitative estimate of drug-likeness (QED) is 0.577. The highest BCUT2D eigenvalue weighted by atomic mass is 32.2. The van der Waals surface area contributed by atoms with Crippen molar-refractivity contribution >= 4 is 45.9 Å². The zero-order valence-electron chi connectivity index (χ0n) is 12.3. The van der Waals surface area contributed by atoms with E-state index < -0.39 is 30.2 Å². The third kappa shape index (κ3) is 5.07. The monoisotopic (exact) mass is 368 g/mol. The van der Waals surface area contributed by atoms with Gasteiger partial charge in [0, 0.05) is 4.90 Å². The average molecular weight is 368 g/mol. The van der Waals surface area contributed by atoms with E-state index in [0.717, 1.165) is 23.1 Å². The van der Waals surface area contributed by atoms with Gasteiger partial charge in [-0.1, -0.05) is 12.1 Å². The van der Waals surface area contributed by atoms with Crippen LogP contribution in [0.5, 0.6) is 0 Å². The molecule has 6 nitrogen and oxygen atoms in total. The molecule has 0 aliphatic heterocycles. The van der Waals surface area contributed by atoms with Gasteiger partial charge in [-0.15, -0.1) is 23.1 Å². The second-order valence-electron chi connectivity index (χ2n) is 4.46. The molecule has 0 saturated heterocycles. The van der Waals surface area contributed by atoms with Crippen LogP contribution in [-0.2, 0) is 14.3 Å². The van der Waals surface area contributed by atoms with Gasteiger partial charge in [0.15, 0.2) is 6.61 Å². The standard InChI is InChI=1S/C15H13FN2O4S2/c16-10-3-1-2-4-11(10)24-8-13(20)22-7-12(19)18-15-9(14(17)21)5-6-23-15/h1-6H,7-8H2,(H2,17,21)(H,18,19). The summed E-state index contributed by atoms with van der Waals surface area (Å²) in [5.41, 5.74) is 5.35. The summed E-state index contributed by atoms with van der Waals surface area (Å²) in [5.74, 6) is -2.46. The topological polar surface area (TPSA) is 98.5 Å². The van der Waals surface area contributed by atoms with Gasteiger partial charge in [0.05, 0.1) is 11.3 Å². The van der Waals surface area contributed by atoms with Crippen LogP contribution in [0.1, 0.15) is 10.4 Å². The molecule has 0 unspecified atom stereocenters. The lowest BCUT2D eigenvalue weighted by molar-refractivity contribution is -0.144. The van der Waals surface area contributed by atoms with Gasteiger partial charge in [0.25, 0.3) is 11.8 Å². The Morgan fingerprint density at radius 1 is 1.25 bits per heavy atom. The summed E-state index contributed by atoms with van der Waals surface area (Å²) in [6, 6.07) is 7.52. The number of rotatable bonds is 7. The van der Waals surface area contributed by atoms with Crippen molar-refractivity contribution in [1.29, 1.82) is 0 Å². The van der Waals surface area contributed by atoms with E-state index in [2.05, 4.69) is 5.32 Å². The number of amides is 2. The second-order valence-corrected chi connectivity index (χ2v) is 6.39. The molecule has 0 atom stereocenters. The minimum atomic E-state index is -0.662. The van der Waals surface area contributed by atoms with Gasteiger partial charge in [-0.25, -0.2) is 4.39 Å². The number of carbonyl (C=O) groups is 3. The number of nitrogens with one attached hydrogen (secondary N) is 1. The summed E-state index contributed by atoms with van der Waals surface area (Å²) in [4.78, 5) is 34.8. The molecule has 3 N–H and O–H groups in total. The van der Waals surface area contributed by atoms with E-state index in [1.807, 2.05) is 0 Å².